The number of nitrogens with zero attached hydrogens (tertiary/aromatic N) is 3. The van der Waals surface area contributed by atoms with Crippen LogP contribution in [0.3, 0.4) is 0 Å². The number of aliphatic hydroxyl groups is 1. The Morgan fingerprint density at radius 3 is 2.94 bits per heavy atom. The van der Waals surface area contributed by atoms with Gasteiger partial charge in [0.05, 0.1) is 23.6 Å². The summed E-state index contributed by atoms with van der Waals surface area (Å²) < 4.78 is 33.7. The molecule has 1 aromatic carbocycles. The number of anilines is 1. The molecule has 164 valence electrons. The summed E-state index contributed by atoms with van der Waals surface area (Å²) in [7, 11) is 0. The molecule has 3 aromatic rings. The molecule has 0 radical (unpaired) electrons. The highest BCUT2D eigenvalue weighted by Gasteiger charge is 2.31. The molecule has 0 amide bonds. The summed E-state index contributed by atoms with van der Waals surface area (Å²) in [5, 5.41) is 17.1. The van der Waals surface area contributed by atoms with Gasteiger partial charge in [-0.15, -0.1) is 0 Å². The lowest BCUT2D eigenvalue weighted by atomic mass is 10.0. The van der Waals surface area contributed by atoms with Gasteiger partial charge in [0.1, 0.15) is 18.2 Å². The van der Waals surface area contributed by atoms with Crippen molar-refractivity contribution < 1.29 is 23.4 Å². The number of ether oxygens (including phenoxy) is 1. The van der Waals surface area contributed by atoms with Crippen LogP contribution in [-0.2, 0) is 4.74 Å². The molecule has 2 aromatic heterocycles. The number of ketones is 1. The van der Waals surface area contributed by atoms with Crippen LogP contribution >= 0.6 is 0 Å². The van der Waals surface area contributed by atoms with Crippen molar-refractivity contribution in [3.05, 3.63) is 53.2 Å². The topological polar surface area (TPSA) is 91.3 Å². The van der Waals surface area contributed by atoms with Crippen LogP contribution in [0, 0.1) is 11.6 Å². The highest BCUT2D eigenvalue weighted by Crippen LogP contribution is 2.39. The Balaban J connectivity index is 1.64. The summed E-state index contributed by atoms with van der Waals surface area (Å²) in [5.74, 6) is -0.691. The third-order valence-corrected chi connectivity index (χ3v) is 5.53. The number of carbonyl (C=O) groups excluding carboxylic acids is 1. The van der Waals surface area contributed by atoms with Gasteiger partial charge in [-0.05, 0) is 51.0 Å². The van der Waals surface area contributed by atoms with Crippen molar-refractivity contribution in [2.75, 3.05) is 24.7 Å². The third kappa shape index (κ3) is 4.28. The largest absolute Gasteiger partial charge is 0.393 e. The minimum Gasteiger partial charge on any atom is -0.393 e. The van der Waals surface area contributed by atoms with Gasteiger partial charge in [-0.3, -0.25) is 9.89 Å². The first-order chi connectivity index (χ1) is 14.8. The van der Waals surface area contributed by atoms with Gasteiger partial charge in [0.15, 0.2) is 17.2 Å². The highest BCUT2D eigenvalue weighted by molar-refractivity contribution is 6.01. The predicted molar refractivity (Wildman–Crippen MR) is 111 cm³/mol. The van der Waals surface area contributed by atoms with E-state index in [2.05, 4.69) is 15.2 Å². The van der Waals surface area contributed by atoms with Crippen LogP contribution in [0.15, 0.2) is 30.5 Å². The summed E-state index contributed by atoms with van der Waals surface area (Å²) in [5.41, 5.74) is 0.296. The molecule has 0 unspecified atom stereocenters. The Bertz CT molecular complexity index is 1120. The fourth-order valence-electron chi connectivity index (χ4n) is 3.77. The molecule has 0 spiro atoms. The number of pyridine rings is 1. The zero-order valence-electron chi connectivity index (χ0n) is 17.4. The maximum absolute atomic E-state index is 14.4. The van der Waals surface area contributed by atoms with E-state index >= 15 is 0 Å². The summed E-state index contributed by atoms with van der Waals surface area (Å²) >= 11 is 0. The summed E-state index contributed by atoms with van der Waals surface area (Å²) in [6.07, 6.45) is 2.89. The molecule has 7 nitrogen and oxygen atoms in total. The summed E-state index contributed by atoms with van der Waals surface area (Å²) in [6, 6.07) is 4.77. The number of hydrogen-bond donors (Lipinski definition) is 2. The molecule has 2 N–H and O–H groups in total. The van der Waals surface area contributed by atoms with Crippen LogP contribution in [0.4, 0.5) is 14.6 Å². The normalized spacial score (nSPS) is 16.9. The number of Topliss-reactive ketones (excluding diaryl/α,β-unsaturated/α-hetero) is 1. The molecule has 31 heavy (non-hydrogen) atoms. The molecule has 0 aliphatic carbocycles. The fraction of sp³-hybridized carbons (Fsp3) is 0.409. The van der Waals surface area contributed by atoms with E-state index in [1.165, 1.54) is 12.3 Å². The van der Waals surface area contributed by atoms with E-state index in [4.69, 9.17) is 4.74 Å². The van der Waals surface area contributed by atoms with E-state index in [1.807, 2.05) is 4.90 Å². The van der Waals surface area contributed by atoms with Gasteiger partial charge in [-0.25, -0.2) is 13.8 Å². The SMILES string of the molecule is CC(C)(CO)OCC(=O)c1cnc2[nH]nc(N3CCC[C@@H]3c3cc(F)ccc3F)c2c1. The second-order valence-corrected chi connectivity index (χ2v) is 8.31. The second-order valence-electron chi connectivity index (χ2n) is 8.31. The maximum atomic E-state index is 14.4. The Hall–Kier alpha value is -2.91. The third-order valence-electron chi connectivity index (χ3n) is 5.53. The average Bonchev–Trinajstić information content (AvgIpc) is 3.40. The number of aromatic nitrogens is 3. The predicted octanol–water partition coefficient (Wildman–Crippen LogP) is 3.55. The van der Waals surface area contributed by atoms with Crippen LogP contribution < -0.4 is 4.90 Å². The summed E-state index contributed by atoms with van der Waals surface area (Å²) in [6.45, 7) is 3.59. The van der Waals surface area contributed by atoms with Crippen molar-refractivity contribution in [1.82, 2.24) is 15.2 Å². The van der Waals surface area contributed by atoms with Crippen LogP contribution in [0.5, 0.6) is 0 Å². The van der Waals surface area contributed by atoms with E-state index in [1.54, 1.807) is 19.9 Å². The molecular weight excluding hydrogens is 406 g/mol. The van der Waals surface area contributed by atoms with Crippen molar-refractivity contribution in [3.8, 4) is 0 Å². The average molecular weight is 430 g/mol. The maximum Gasteiger partial charge on any atom is 0.190 e. The second kappa shape index (κ2) is 8.32. The van der Waals surface area contributed by atoms with E-state index in [-0.39, 0.29) is 30.6 Å². The molecule has 9 heteroatoms. The van der Waals surface area contributed by atoms with Crippen LogP contribution in [0.25, 0.3) is 11.0 Å². The Morgan fingerprint density at radius 2 is 2.16 bits per heavy atom. The smallest absolute Gasteiger partial charge is 0.190 e. The van der Waals surface area contributed by atoms with Crippen molar-refractivity contribution >= 4 is 22.6 Å². The standard InChI is InChI=1S/C22H24F2N4O3/c1-22(2,12-29)31-11-19(30)13-8-16-20(25-10-13)26-27-21(16)28-7-3-4-18(28)15-9-14(23)5-6-17(15)24/h5-6,8-10,18,29H,3-4,7,11-12H2,1-2H3,(H,25,26,27)/t18-/m1/s1. The number of hydrogen-bond acceptors (Lipinski definition) is 6. The lowest BCUT2D eigenvalue weighted by molar-refractivity contribution is -0.0447. The number of fused-ring (bicyclic) bond motifs is 1. The minimum absolute atomic E-state index is 0.200. The molecule has 3 heterocycles. The first-order valence-corrected chi connectivity index (χ1v) is 10.1. The zero-order valence-corrected chi connectivity index (χ0v) is 17.4. The quantitative estimate of drug-likeness (QED) is 0.557. The number of carbonyl (C=O) groups is 1. The van der Waals surface area contributed by atoms with Gasteiger partial charge in [0.2, 0.25) is 0 Å². The molecular formula is C22H24F2N4O3. The van der Waals surface area contributed by atoms with Gasteiger partial charge < -0.3 is 14.7 Å². The van der Waals surface area contributed by atoms with E-state index in [9.17, 15) is 18.7 Å². The lowest BCUT2D eigenvalue weighted by Crippen LogP contribution is -2.31. The van der Waals surface area contributed by atoms with Crippen LogP contribution in [-0.4, -0.2) is 51.4 Å². The van der Waals surface area contributed by atoms with Gasteiger partial charge in [-0.1, -0.05) is 0 Å². The molecule has 4 rings (SSSR count). The highest BCUT2D eigenvalue weighted by atomic mass is 19.1. The van der Waals surface area contributed by atoms with Crippen molar-refractivity contribution in [2.45, 2.75) is 38.3 Å². The molecule has 0 bridgehead atoms. The van der Waals surface area contributed by atoms with Crippen molar-refractivity contribution in [1.29, 1.82) is 0 Å². The number of benzene rings is 1. The first-order valence-electron chi connectivity index (χ1n) is 10.1. The number of H-pyrrole nitrogens is 1. The molecule has 1 fully saturated rings. The number of rotatable bonds is 7. The number of halogens is 2. The monoisotopic (exact) mass is 430 g/mol. The van der Waals surface area contributed by atoms with Crippen LogP contribution in [0.2, 0.25) is 0 Å². The summed E-state index contributed by atoms with van der Waals surface area (Å²) in [4.78, 5) is 18.8. The van der Waals surface area contributed by atoms with Gasteiger partial charge >= 0.3 is 0 Å². The number of aliphatic hydroxyl groups excluding tert-OH is 1. The molecule has 1 aliphatic heterocycles. The molecule has 1 saturated heterocycles. The Labute approximate surface area is 178 Å². The van der Waals surface area contributed by atoms with Gasteiger partial charge in [-0.2, -0.15) is 5.10 Å². The minimum atomic E-state index is -0.828. The Morgan fingerprint density at radius 1 is 1.35 bits per heavy atom. The van der Waals surface area contributed by atoms with E-state index in [0.717, 1.165) is 18.6 Å². The van der Waals surface area contributed by atoms with E-state index in [0.29, 0.717) is 35.4 Å². The molecule has 0 saturated carbocycles. The number of aromatic amines is 1. The molecule has 1 atom stereocenters. The van der Waals surface area contributed by atoms with Crippen LogP contribution in [0.1, 0.15) is 48.7 Å². The van der Waals surface area contributed by atoms with Gasteiger partial charge in [0, 0.05) is 23.9 Å². The Kier molecular flexibility index (Phi) is 5.72. The van der Waals surface area contributed by atoms with Crippen molar-refractivity contribution in [3.63, 3.8) is 0 Å². The van der Waals surface area contributed by atoms with Crippen molar-refractivity contribution in [2.24, 2.45) is 0 Å². The molecule has 1 aliphatic rings. The van der Waals surface area contributed by atoms with Gasteiger partial charge in [0.25, 0.3) is 0 Å². The number of nitrogens with one attached hydrogen (secondary N) is 1. The first kappa shape index (κ1) is 21.3. The lowest BCUT2D eigenvalue weighted by Gasteiger charge is -2.25. The van der Waals surface area contributed by atoms with E-state index < -0.39 is 17.2 Å². The fourth-order valence-corrected chi connectivity index (χ4v) is 3.77. The zero-order chi connectivity index (χ0) is 22.2.